The van der Waals surface area contributed by atoms with Crippen molar-refractivity contribution < 1.29 is 0 Å². The van der Waals surface area contributed by atoms with Crippen LogP contribution >= 0.6 is 0 Å². The van der Waals surface area contributed by atoms with Crippen LogP contribution in [0.3, 0.4) is 0 Å². The summed E-state index contributed by atoms with van der Waals surface area (Å²) in [5, 5.41) is 10.1. The van der Waals surface area contributed by atoms with Gasteiger partial charge in [0, 0.05) is 16.6 Å². The molecule has 3 aromatic rings. The van der Waals surface area contributed by atoms with Crippen molar-refractivity contribution in [3.63, 3.8) is 0 Å². The third-order valence-electron chi connectivity index (χ3n) is 3.48. The number of nitrogens with one attached hydrogen (secondary N) is 1. The molecule has 0 aliphatic heterocycles. The highest BCUT2D eigenvalue weighted by molar-refractivity contribution is 5.89. The molecular weight excluding hydrogens is 232 g/mol. The van der Waals surface area contributed by atoms with E-state index in [4.69, 9.17) is 5.26 Å². The van der Waals surface area contributed by atoms with E-state index in [1.54, 1.807) is 0 Å². The van der Waals surface area contributed by atoms with Crippen molar-refractivity contribution >= 4 is 10.9 Å². The third kappa shape index (κ3) is 2.00. The van der Waals surface area contributed by atoms with Crippen LogP contribution in [0.25, 0.3) is 22.0 Å². The van der Waals surface area contributed by atoms with Crippen LogP contribution in [0.1, 0.15) is 11.3 Å². The first kappa shape index (κ1) is 11.6. The van der Waals surface area contributed by atoms with Gasteiger partial charge >= 0.3 is 0 Å². The lowest BCUT2D eigenvalue weighted by Crippen LogP contribution is -1.83. The van der Waals surface area contributed by atoms with E-state index in [0.29, 0.717) is 6.42 Å². The third-order valence-corrected chi connectivity index (χ3v) is 3.48. The number of hydrogen-bond donors (Lipinski definition) is 1. The molecule has 0 saturated carbocycles. The lowest BCUT2D eigenvalue weighted by molar-refractivity contribution is 1.19. The number of aromatic amines is 1. The van der Waals surface area contributed by atoms with Crippen LogP contribution in [0.5, 0.6) is 0 Å². The van der Waals surface area contributed by atoms with Gasteiger partial charge in [0.15, 0.2) is 0 Å². The van der Waals surface area contributed by atoms with Crippen LogP contribution in [0.15, 0.2) is 48.5 Å². The number of aromatic nitrogens is 1. The molecule has 2 nitrogen and oxygen atoms in total. The van der Waals surface area contributed by atoms with Gasteiger partial charge in [0.1, 0.15) is 0 Å². The van der Waals surface area contributed by atoms with E-state index in [1.807, 2.05) is 25.1 Å². The summed E-state index contributed by atoms with van der Waals surface area (Å²) in [5.74, 6) is 0. The van der Waals surface area contributed by atoms with E-state index in [0.717, 1.165) is 22.2 Å². The molecule has 0 aliphatic rings. The molecule has 92 valence electrons. The fraction of sp³-hybridized carbons (Fsp3) is 0.118. The van der Waals surface area contributed by atoms with E-state index in [2.05, 4.69) is 41.4 Å². The lowest BCUT2D eigenvalue weighted by Gasteiger charge is -2.02. The maximum Gasteiger partial charge on any atom is 0.0670 e. The summed E-state index contributed by atoms with van der Waals surface area (Å²) < 4.78 is 0. The van der Waals surface area contributed by atoms with Crippen LogP contribution in [0.4, 0.5) is 0 Å². The molecule has 0 bridgehead atoms. The maximum absolute atomic E-state index is 8.94. The quantitative estimate of drug-likeness (QED) is 0.722. The molecule has 0 amide bonds. The van der Waals surface area contributed by atoms with Crippen molar-refractivity contribution in [1.82, 2.24) is 4.98 Å². The summed E-state index contributed by atoms with van der Waals surface area (Å²) in [6.45, 7) is 2.02. The minimum atomic E-state index is 0.448. The molecule has 0 spiro atoms. The molecule has 1 N–H and O–H groups in total. The van der Waals surface area contributed by atoms with Gasteiger partial charge in [0.25, 0.3) is 0 Å². The zero-order chi connectivity index (χ0) is 13.2. The molecular formula is C17H14N2. The average molecular weight is 246 g/mol. The van der Waals surface area contributed by atoms with Gasteiger partial charge in [-0.3, -0.25) is 0 Å². The van der Waals surface area contributed by atoms with Crippen molar-refractivity contribution in [2.75, 3.05) is 0 Å². The van der Waals surface area contributed by atoms with Crippen LogP contribution in [-0.2, 0) is 6.42 Å². The highest BCUT2D eigenvalue weighted by atomic mass is 14.7. The molecule has 0 aliphatic carbocycles. The SMILES string of the molecule is Cc1[nH]c2ccc(-c3ccccc3)cc2c1CC#N. The normalized spacial score (nSPS) is 10.5. The second-order valence-electron chi connectivity index (χ2n) is 4.69. The Morgan fingerprint density at radius 1 is 1.05 bits per heavy atom. The van der Waals surface area contributed by atoms with Crippen molar-refractivity contribution in [2.45, 2.75) is 13.3 Å². The summed E-state index contributed by atoms with van der Waals surface area (Å²) in [4.78, 5) is 3.34. The van der Waals surface area contributed by atoms with E-state index >= 15 is 0 Å². The number of benzene rings is 2. The smallest absolute Gasteiger partial charge is 0.0670 e. The number of H-pyrrole nitrogens is 1. The molecule has 19 heavy (non-hydrogen) atoms. The van der Waals surface area contributed by atoms with Gasteiger partial charge in [-0.05, 0) is 35.7 Å². The Kier molecular flexibility index (Phi) is 2.81. The molecule has 0 unspecified atom stereocenters. The second kappa shape index (κ2) is 4.62. The fourth-order valence-corrected chi connectivity index (χ4v) is 2.50. The van der Waals surface area contributed by atoms with Crippen molar-refractivity contribution in [2.24, 2.45) is 0 Å². The Morgan fingerprint density at radius 2 is 1.84 bits per heavy atom. The molecule has 1 aromatic heterocycles. The highest BCUT2D eigenvalue weighted by Crippen LogP contribution is 2.28. The minimum absolute atomic E-state index is 0.448. The first-order valence-corrected chi connectivity index (χ1v) is 6.33. The summed E-state index contributed by atoms with van der Waals surface area (Å²) in [6.07, 6.45) is 0.448. The van der Waals surface area contributed by atoms with Crippen LogP contribution < -0.4 is 0 Å². The first-order chi connectivity index (χ1) is 9.29. The summed E-state index contributed by atoms with van der Waals surface area (Å²) in [5.41, 5.74) is 5.68. The average Bonchev–Trinajstić information content (AvgIpc) is 2.76. The predicted molar refractivity (Wildman–Crippen MR) is 77.8 cm³/mol. The number of aryl methyl sites for hydroxylation is 1. The molecule has 2 heteroatoms. The van der Waals surface area contributed by atoms with Gasteiger partial charge in [-0.2, -0.15) is 5.26 Å². The van der Waals surface area contributed by atoms with Crippen molar-refractivity contribution in [3.05, 3.63) is 59.8 Å². The van der Waals surface area contributed by atoms with Crippen LogP contribution in [0.2, 0.25) is 0 Å². The highest BCUT2D eigenvalue weighted by Gasteiger charge is 2.09. The Morgan fingerprint density at radius 3 is 2.58 bits per heavy atom. The largest absolute Gasteiger partial charge is 0.358 e. The Balaban J connectivity index is 2.20. The molecule has 0 radical (unpaired) electrons. The monoisotopic (exact) mass is 246 g/mol. The van der Waals surface area contributed by atoms with Gasteiger partial charge in [-0.25, -0.2) is 0 Å². The zero-order valence-corrected chi connectivity index (χ0v) is 10.8. The van der Waals surface area contributed by atoms with Gasteiger partial charge in [0.05, 0.1) is 12.5 Å². The zero-order valence-electron chi connectivity index (χ0n) is 10.8. The van der Waals surface area contributed by atoms with Gasteiger partial charge in [0.2, 0.25) is 0 Å². The Hall–Kier alpha value is -2.53. The molecule has 0 atom stereocenters. The van der Waals surface area contributed by atoms with Gasteiger partial charge < -0.3 is 4.98 Å². The number of nitrogens with zero attached hydrogens (tertiary/aromatic N) is 1. The standard InChI is InChI=1S/C17H14N2/c1-12-15(9-10-18)16-11-14(7-8-17(16)19-12)13-5-3-2-4-6-13/h2-8,11,19H,9H2,1H3. The number of hydrogen-bond acceptors (Lipinski definition) is 1. The molecule has 0 saturated heterocycles. The van der Waals surface area contributed by atoms with Gasteiger partial charge in [-0.15, -0.1) is 0 Å². The minimum Gasteiger partial charge on any atom is -0.358 e. The van der Waals surface area contributed by atoms with Crippen molar-refractivity contribution in [3.8, 4) is 17.2 Å². The number of rotatable bonds is 2. The molecule has 0 fully saturated rings. The predicted octanol–water partition coefficient (Wildman–Crippen LogP) is 4.21. The van der Waals surface area contributed by atoms with Crippen LogP contribution in [-0.4, -0.2) is 4.98 Å². The molecule has 2 aromatic carbocycles. The maximum atomic E-state index is 8.94. The summed E-state index contributed by atoms with van der Waals surface area (Å²) in [6, 6.07) is 18.9. The van der Waals surface area contributed by atoms with E-state index in [-0.39, 0.29) is 0 Å². The van der Waals surface area contributed by atoms with Gasteiger partial charge in [-0.1, -0.05) is 36.4 Å². The number of nitriles is 1. The Labute approximate surface area is 112 Å². The van der Waals surface area contributed by atoms with Crippen molar-refractivity contribution in [1.29, 1.82) is 5.26 Å². The van der Waals surface area contributed by atoms with E-state index in [1.165, 1.54) is 11.1 Å². The van der Waals surface area contributed by atoms with E-state index < -0.39 is 0 Å². The molecule has 1 heterocycles. The second-order valence-corrected chi connectivity index (χ2v) is 4.69. The fourth-order valence-electron chi connectivity index (χ4n) is 2.50. The Bertz CT molecular complexity index is 761. The first-order valence-electron chi connectivity index (χ1n) is 6.33. The molecule has 3 rings (SSSR count). The van der Waals surface area contributed by atoms with E-state index in [9.17, 15) is 0 Å². The summed E-state index contributed by atoms with van der Waals surface area (Å²) in [7, 11) is 0. The van der Waals surface area contributed by atoms with Crippen LogP contribution in [0, 0.1) is 18.3 Å². The lowest BCUT2D eigenvalue weighted by atomic mass is 10.0. The summed E-state index contributed by atoms with van der Waals surface area (Å²) >= 11 is 0. The number of fused-ring (bicyclic) bond motifs is 1. The topological polar surface area (TPSA) is 39.6 Å².